The van der Waals surface area contributed by atoms with Gasteiger partial charge < -0.3 is 0 Å². The summed E-state index contributed by atoms with van der Waals surface area (Å²) in [6.07, 6.45) is 3.55. The van der Waals surface area contributed by atoms with Gasteiger partial charge in [-0.05, 0) is 42.0 Å². The number of benzene rings is 2. The van der Waals surface area contributed by atoms with Crippen LogP contribution >= 0.6 is 0 Å². The van der Waals surface area contributed by atoms with Crippen molar-refractivity contribution >= 4 is 16.9 Å². The lowest BCUT2D eigenvalue weighted by molar-refractivity contribution is 0.256. The van der Waals surface area contributed by atoms with Crippen LogP contribution in [0.4, 0.5) is 4.79 Å². The third-order valence-corrected chi connectivity index (χ3v) is 5.81. The first kappa shape index (κ1) is 19.7. The molecule has 6 rings (SSSR count). The maximum Gasteiger partial charge on any atom is 0.368 e. The van der Waals surface area contributed by atoms with E-state index in [1.54, 1.807) is 35.3 Å². The van der Waals surface area contributed by atoms with Crippen molar-refractivity contribution in [3.8, 4) is 28.7 Å². The highest BCUT2D eigenvalue weighted by Crippen LogP contribution is 2.29. The van der Waals surface area contributed by atoms with Crippen molar-refractivity contribution in [1.29, 1.82) is 5.26 Å². The summed E-state index contributed by atoms with van der Waals surface area (Å²) in [6.45, 7) is 0.553. The molecule has 1 aliphatic heterocycles. The fourth-order valence-electron chi connectivity index (χ4n) is 4.13. The smallest absolute Gasteiger partial charge is 0.266 e. The fourth-order valence-corrected chi connectivity index (χ4v) is 4.13. The first-order chi connectivity index (χ1) is 16.6. The molecule has 0 radical (unpaired) electrons. The van der Waals surface area contributed by atoms with E-state index >= 15 is 0 Å². The molecule has 34 heavy (non-hydrogen) atoms. The molecule has 0 saturated heterocycles. The molecule has 9 heteroatoms. The second kappa shape index (κ2) is 7.56. The number of aryl methyl sites for hydroxylation is 1. The molecule has 0 atom stereocenters. The number of hydrogen-bond acceptors (Lipinski definition) is 5. The van der Waals surface area contributed by atoms with Crippen molar-refractivity contribution in [2.24, 2.45) is 17.0 Å². The average molecular weight is 444 g/mol. The third kappa shape index (κ3) is 3.25. The van der Waals surface area contributed by atoms with E-state index in [1.165, 1.54) is 0 Å². The molecule has 5 aromatic rings. The number of urea groups is 1. The highest BCUT2D eigenvalue weighted by atomic mass is 16.2. The Morgan fingerprint density at radius 2 is 1.82 bits per heavy atom. The Labute approximate surface area is 193 Å². The van der Waals surface area contributed by atoms with Gasteiger partial charge in [-0.2, -0.15) is 25.4 Å². The number of nitrogens with zero attached hydrogens (tertiary/aromatic N) is 8. The Balaban J connectivity index is 1.43. The van der Waals surface area contributed by atoms with Gasteiger partial charge in [-0.1, -0.05) is 18.2 Å². The van der Waals surface area contributed by atoms with Crippen LogP contribution in [0.5, 0.6) is 0 Å². The summed E-state index contributed by atoms with van der Waals surface area (Å²) in [4.78, 5) is 24.1. The van der Waals surface area contributed by atoms with Crippen LogP contribution in [0.1, 0.15) is 11.1 Å². The Kier molecular flexibility index (Phi) is 4.38. The van der Waals surface area contributed by atoms with Gasteiger partial charge in [-0.25, -0.2) is 4.79 Å². The zero-order chi connectivity index (χ0) is 23.2. The van der Waals surface area contributed by atoms with E-state index in [1.807, 2.05) is 48.1 Å². The number of carbonyl (C=O) groups is 1. The number of nitriles is 1. The molecule has 0 saturated carbocycles. The van der Waals surface area contributed by atoms with Crippen molar-refractivity contribution in [1.82, 2.24) is 24.5 Å². The minimum atomic E-state index is -0.486. The molecule has 0 unspecified atom stereocenters. The van der Waals surface area contributed by atoms with E-state index in [0.29, 0.717) is 22.8 Å². The molecular formula is C25H16N8O. The van der Waals surface area contributed by atoms with Crippen LogP contribution in [-0.2, 0) is 13.6 Å². The Morgan fingerprint density at radius 3 is 2.65 bits per heavy atom. The van der Waals surface area contributed by atoms with Gasteiger partial charge >= 0.3 is 6.03 Å². The molecule has 1 aliphatic rings. The van der Waals surface area contributed by atoms with E-state index in [-0.39, 0.29) is 0 Å². The number of rotatable bonds is 4. The Morgan fingerprint density at radius 1 is 1.00 bits per heavy atom. The van der Waals surface area contributed by atoms with Gasteiger partial charge in [0.1, 0.15) is 5.69 Å². The molecule has 3 aromatic heterocycles. The first-order valence-electron chi connectivity index (χ1n) is 10.5. The zero-order valence-electron chi connectivity index (χ0n) is 18.0. The summed E-state index contributed by atoms with van der Waals surface area (Å²) in [5, 5.41) is 20.3. The van der Waals surface area contributed by atoms with E-state index in [0.717, 1.165) is 39.1 Å². The van der Waals surface area contributed by atoms with Crippen molar-refractivity contribution in [3.63, 3.8) is 0 Å². The number of carbonyl (C=O) groups excluding carboxylic acids is 1. The number of pyridine rings is 1. The highest BCUT2D eigenvalue weighted by Gasteiger charge is 2.16. The average Bonchev–Trinajstić information content (AvgIpc) is 3.55. The lowest BCUT2D eigenvalue weighted by Crippen LogP contribution is -2.20. The molecule has 0 aliphatic carbocycles. The number of amides is 2. The standard InChI is InChI=1S/C25H16N8O/c1-32-23-13-27-21(22-8-9-28-33(22)14-16-4-2-15(12-26)3-5-16)11-18(23)24(31-32)17-6-7-19-20(10-17)30-25(34)29-19/h2-11,13H,14H2,1H3. The molecule has 9 nitrogen and oxygen atoms in total. The molecule has 162 valence electrons. The third-order valence-electron chi connectivity index (χ3n) is 5.81. The highest BCUT2D eigenvalue weighted by molar-refractivity contribution is 5.94. The van der Waals surface area contributed by atoms with Crippen LogP contribution in [0.15, 0.2) is 77.0 Å². The maximum absolute atomic E-state index is 11.6. The van der Waals surface area contributed by atoms with Crippen molar-refractivity contribution in [2.75, 3.05) is 0 Å². The molecule has 0 bridgehead atoms. The number of hydrogen-bond donors (Lipinski definition) is 0. The molecular weight excluding hydrogens is 428 g/mol. The summed E-state index contributed by atoms with van der Waals surface area (Å²) in [5.41, 5.74) is 5.80. The lowest BCUT2D eigenvalue weighted by atomic mass is 10.1. The largest absolute Gasteiger partial charge is 0.368 e. The summed E-state index contributed by atoms with van der Waals surface area (Å²) < 4.78 is 3.67. The van der Waals surface area contributed by atoms with Gasteiger partial charge in [0.2, 0.25) is 0 Å². The second-order valence-electron chi connectivity index (χ2n) is 7.95. The van der Waals surface area contributed by atoms with Crippen LogP contribution in [0.25, 0.3) is 33.5 Å². The Bertz CT molecular complexity index is 1770. The minimum Gasteiger partial charge on any atom is -0.266 e. The zero-order valence-corrected chi connectivity index (χ0v) is 18.0. The molecule has 0 spiro atoms. The molecule has 4 heterocycles. The van der Waals surface area contributed by atoms with Crippen LogP contribution in [0.3, 0.4) is 0 Å². The molecule has 0 N–H and O–H groups in total. The second-order valence-corrected chi connectivity index (χ2v) is 7.95. The van der Waals surface area contributed by atoms with Crippen molar-refractivity contribution in [3.05, 3.63) is 88.8 Å². The predicted octanol–water partition coefficient (Wildman–Crippen LogP) is 2.79. The quantitative estimate of drug-likeness (QED) is 0.423. The predicted molar refractivity (Wildman–Crippen MR) is 123 cm³/mol. The first-order valence-corrected chi connectivity index (χ1v) is 10.5. The van der Waals surface area contributed by atoms with Gasteiger partial charge in [0.05, 0.1) is 52.0 Å². The Hall–Kier alpha value is -4.97. The van der Waals surface area contributed by atoms with E-state index in [9.17, 15) is 4.79 Å². The maximum atomic E-state index is 11.6. The lowest BCUT2D eigenvalue weighted by Gasteiger charge is -2.08. The van der Waals surface area contributed by atoms with E-state index < -0.39 is 6.03 Å². The van der Waals surface area contributed by atoms with Gasteiger partial charge in [-0.3, -0.25) is 14.3 Å². The van der Waals surface area contributed by atoms with Gasteiger partial charge in [-0.15, -0.1) is 0 Å². The van der Waals surface area contributed by atoms with E-state index in [2.05, 4.69) is 26.1 Å². The number of fused-ring (bicyclic) bond motifs is 2. The molecule has 0 fully saturated rings. The monoisotopic (exact) mass is 444 g/mol. The summed E-state index contributed by atoms with van der Waals surface area (Å²) >= 11 is 0. The summed E-state index contributed by atoms with van der Waals surface area (Å²) in [6, 6.07) is 18.5. The topological polar surface area (TPSA) is 114 Å². The summed E-state index contributed by atoms with van der Waals surface area (Å²) in [7, 11) is 1.87. The van der Waals surface area contributed by atoms with Gasteiger partial charge in [0, 0.05) is 24.2 Å². The molecule has 2 amide bonds. The van der Waals surface area contributed by atoms with Crippen molar-refractivity contribution < 1.29 is 4.79 Å². The van der Waals surface area contributed by atoms with Crippen LogP contribution < -0.4 is 10.7 Å². The normalized spacial score (nSPS) is 12.3. The van der Waals surface area contributed by atoms with E-state index in [4.69, 9.17) is 10.4 Å². The molecule has 2 aromatic carbocycles. The SMILES string of the molecule is Cn1nc(-c2ccc3c(c2)=NC(=O)N=3)c2cc(-c3ccnn3Cc3ccc(C#N)cc3)ncc21. The van der Waals surface area contributed by atoms with Gasteiger partial charge in [0.25, 0.3) is 0 Å². The number of aromatic nitrogens is 5. The van der Waals surface area contributed by atoms with Crippen molar-refractivity contribution in [2.45, 2.75) is 6.54 Å². The fraction of sp³-hybridized carbons (Fsp3) is 0.0800. The van der Waals surface area contributed by atoms with Crippen LogP contribution in [0, 0.1) is 11.3 Å². The van der Waals surface area contributed by atoms with Gasteiger partial charge in [0.15, 0.2) is 0 Å². The van der Waals surface area contributed by atoms with Crippen LogP contribution in [-0.4, -0.2) is 30.6 Å². The van der Waals surface area contributed by atoms with Crippen LogP contribution in [0.2, 0.25) is 0 Å². The minimum absolute atomic E-state index is 0.486. The summed E-state index contributed by atoms with van der Waals surface area (Å²) in [5.74, 6) is 0.